The molecule has 0 heterocycles. The number of allylic oxidation sites excluding steroid dienone is 1. The smallest absolute Gasteiger partial charge is 0.161 e. The van der Waals surface area contributed by atoms with E-state index in [1.807, 2.05) is 36.4 Å². The highest BCUT2D eigenvalue weighted by atomic mass is 16.5. The average molecular weight is 264 g/mol. The van der Waals surface area contributed by atoms with Gasteiger partial charge in [0.05, 0.1) is 25.9 Å². The van der Waals surface area contributed by atoms with E-state index in [9.17, 15) is 5.26 Å². The highest BCUT2D eigenvalue weighted by Gasteiger charge is 2.07. The van der Waals surface area contributed by atoms with Gasteiger partial charge in [-0.3, -0.25) is 0 Å². The monoisotopic (exact) mass is 264 g/mol. The molecule has 0 aromatic heterocycles. The van der Waals surface area contributed by atoms with E-state index < -0.39 is 0 Å². The number of nitriles is 1. The number of hydrogen-bond acceptors (Lipinski definition) is 3. The third-order valence-electron chi connectivity index (χ3n) is 2.87. The number of rotatable bonds is 4. The summed E-state index contributed by atoms with van der Waals surface area (Å²) < 4.78 is 10.4. The van der Waals surface area contributed by atoms with Crippen LogP contribution in [0.2, 0.25) is 0 Å². The summed E-state index contributed by atoms with van der Waals surface area (Å²) in [4.78, 5) is 0. The van der Waals surface area contributed by atoms with Crippen LogP contribution in [0, 0.1) is 17.4 Å². The molecule has 0 saturated carbocycles. The zero-order chi connectivity index (χ0) is 14.4. The second kappa shape index (κ2) is 6.44. The predicted octanol–water partition coefficient (Wildman–Crippen LogP) is 3.57. The average Bonchev–Trinajstić information content (AvgIpc) is 2.53. The van der Waals surface area contributed by atoms with Crippen LogP contribution in [-0.2, 0) is 0 Å². The van der Waals surface area contributed by atoms with E-state index in [2.05, 4.69) is 12.1 Å². The van der Waals surface area contributed by atoms with E-state index in [0.717, 1.165) is 11.1 Å². The standard InChI is InChI=1S/C17H14NO2/c1-19-16-9-8-14(11-17(16)20-2)15(12-18)10-13-6-4-3-5-7-13/h4-11H,1-2H3/b15-10+. The van der Waals surface area contributed by atoms with Crippen LogP contribution >= 0.6 is 0 Å². The lowest BCUT2D eigenvalue weighted by atomic mass is 10.0. The van der Waals surface area contributed by atoms with Gasteiger partial charge in [-0.25, -0.2) is 0 Å². The molecule has 2 rings (SSSR count). The SMILES string of the molecule is COc1ccc(/C(C#N)=C/c2cc[c]cc2)cc1OC. The summed E-state index contributed by atoms with van der Waals surface area (Å²) in [5.74, 6) is 1.25. The predicted molar refractivity (Wildman–Crippen MR) is 78.3 cm³/mol. The van der Waals surface area contributed by atoms with Gasteiger partial charge in [-0.2, -0.15) is 5.26 Å². The zero-order valence-electron chi connectivity index (χ0n) is 11.4. The van der Waals surface area contributed by atoms with Crippen molar-refractivity contribution in [3.05, 3.63) is 59.7 Å². The zero-order valence-corrected chi connectivity index (χ0v) is 11.4. The molecule has 20 heavy (non-hydrogen) atoms. The van der Waals surface area contributed by atoms with Gasteiger partial charge in [0.1, 0.15) is 0 Å². The van der Waals surface area contributed by atoms with Crippen molar-refractivity contribution in [1.82, 2.24) is 0 Å². The molecule has 3 nitrogen and oxygen atoms in total. The van der Waals surface area contributed by atoms with Gasteiger partial charge < -0.3 is 9.47 Å². The first kappa shape index (κ1) is 13.7. The minimum Gasteiger partial charge on any atom is -0.493 e. The molecule has 0 amide bonds. The summed E-state index contributed by atoms with van der Waals surface area (Å²) in [6, 6.07) is 18.0. The van der Waals surface area contributed by atoms with E-state index in [1.165, 1.54) is 0 Å². The normalized spacial score (nSPS) is 10.8. The molecule has 0 aliphatic heterocycles. The highest BCUT2D eigenvalue weighted by molar-refractivity contribution is 5.90. The first-order chi connectivity index (χ1) is 9.78. The van der Waals surface area contributed by atoms with Crippen LogP contribution in [0.1, 0.15) is 11.1 Å². The lowest BCUT2D eigenvalue weighted by molar-refractivity contribution is 0.355. The fourth-order valence-electron chi connectivity index (χ4n) is 1.85. The second-order valence-electron chi connectivity index (χ2n) is 4.07. The Balaban J connectivity index is 2.43. The number of methoxy groups -OCH3 is 2. The third kappa shape index (κ3) is 2.99. The number of ether oxygens (including phenoxy) is 2. The summed E-state index contributed by atoms with van der Waals surface area (Å²) in [6.45, 7) is 0. The Labute approximate surface area is 118 Å². The van der Waals surface area contributed by atoms with E-state index >= 15 is 0 Å². The van der Waals surface area contributed by atoms with Gasteiger partial charge in [-0.1, -0.05) is 24.3 Å². The quantitative estimate of drug-likeness (QED) is 0.626. The van der Waals surface area contributed by atoms with Crippen LogP contribution in [0.4, 0.5) is 0 Å². The van der Waals surface area contributed by atoms with E-state index in [0.29, 0.717) is 17.1 Å². The van der Waals surface area contributed by atoms with Gasteiger partial charge in [0.15, 0.2) is 11.5 Å². The van der Waals surface area contributed by atoms with Crippen LogP contribution in [0.5, 0.6) is 11.5 Å². The van der Waals surface area contributed by atoms with Crippen LogP contribution in [0.3, 0.4) is 0 Å². The Bertz CT molecular complexity index is 654. The Hall–Kier alpha value is -2.73. The molecule has 0 aliphatic rings. The first-order valence-corrected chi connectivity index (χ1v) is 6.09. The third-order valence-corrected chi connectivity index (χ3v) is 2.87. The van der Waals surface area contributed by atoms with Crippen LogP contribution in [0.25, 0.3) is 11.6 Å². The Morgan fingerprint density at radius 3 is 2.40 bits per heavy atom. The maximum atomic E-state index is 9.33. The Kier molecular flexibility index (Phi) is 4.41. The van der Waals surface area contributed by atoms with Crippen molar-refractivity contribution in [1.29, 1.82) is 5.26 Å². The van der Waals surface area contributed by atoms with Gasteiger partial charge in [-0.15, -0.1) is 0 Å². The Morgan fingerprint density at radius 1 is 1.10 bits per heavy atom. The highest BCUT2D eigenvalue weighted by Crippen LogP contribution is 2.30. The number of benzene rings is 2. The summed E-state index contributed by atoms with van der Waals surface area (Å²) in [6.07, 6.45) is 1.83. The molecule has 1 radical (unpaired) electrons. The van der Waals surface area contributed by atoms with Crippen LogP contribution in [-0.4, -0.2) is 14.2 Å². The number of hydrogen-bond donors (Lipinski definition) is 0. The molecule has 99 valence electrons. The van der Waals surface area contributed by atoms with Crippen LogP contribution in [0.15, 0.2) is 42.5 Å². The van der Waals surface area contributed by atoms with Gasteiger partial charge in [0, 0.05) is 0 Å². The molecule has 0 spiro atoms. The maximum absolute atomic E-state index is 9.33. The first-order valence-electron chi connectivity index (χ1n) is 6.09. The largest absolute Gasteiger partial charge is 0.493 e. The van der Waals surface area contributed by atoms with Crippen molar-refractivity contribution >= 4 is 11.6 Å². The molecule has 0 atom stereocenters. The lowest BCUT2D eigenvalue weighted by Gasteiger charge is -2.09. The van der Waals surface area contributed by atoms with Crippen molar-refractivity contribution in [2.45, 2.75) is 0 Å². The molecular weight excluding hydrogens is 250 g/mol. The fourth-order valence-corrected chi connectivity index (χ4v) is 1.85. The number of nitrogens with zero attached hydrogens (tertiary/aromatic N) is 1. The summed E-state index contributed by atoms with van der Waals surface area (Å²) in [5.41, 5.74) is 2.31. The van der Waals surface area contributed by atoms with E-state index in [1.54, 1.807) is 26.4 Å². The molecule has 0 N–H and O–H groups in total. The van der Waals surface area contributed by atoms with Crippen molar-refractivity contribution in [3.8, 4) is 17.6 Å². The second-order valence-corrected chi connectivity index (χ2v) is 4.07. The Morgan fingerprint density at radius 2 is 1.80 bits per heavy atom. The molecule has 0 unspecified atom stereocenters. The molecule has 2 aromatic carbocycles. The summed E-state index contributed by atoms with van der Waals surface area (Å²) >= 11 is 0. The van der Waals surface area contributed by atoms with Crippen molar-refractivity contribution in [2.75, 3.05) is 14.2 Å². The van der Waals surface area contributed by atoms with E-state index in [-0.39, 0.29) is 0 Å². The lowest BCUT2D eigenvalue weighted by Crippen LogP contribution is -1.92. The summed E-state index contributed by atoms with van der Waals surface area (Å²) in [7, 11) is 3.16. The maximum Gasteiger partial charge on any atom is 0.161 e. The molecule has 3 heteroatoms. The topological polar surface area (TPSA) is 42.2 Å². The van der Waals surface area contributed by atoms with Crippen LogP contribution < -0.4 is 9.47 Å². The van der Waals surface area contributed by atoms with Gasteiger partial charge >= 0.3 is 0 Å². The van der Waals surface area contributed by atoms with Gasteiger partial charge in [0.25, 0.3) is 0 Å². The minimum absolute atomic E-state index is 0.567. The fraction of sp³-hybridized carbons (Fsp3) is 0.118. The van der Waals surface area contributed by atoms with Gasteiger partial charge in [-0.05, 0) is 41.5 Å². The molecule has 0 saturated heterocycles. The molecule has 0 fully saturated rings. The van der Waals surface area contributed by atoms with Crippen molar-refractivity contribution < 1.29 is 9.47 Å². The molecule has 2 aromatic rings. The molecular formula is C17H14NO2. The molecule has 0 aliphatic carbocycles. The van der Waals surface area contributed by atoms with Crippen molar-refractivity contribution in [2.24, 2.45) is 0 Å². The van der Waals surface area contributed by atoms with Crippen molar-refractivity contribution in [3.63, 3.8) is 0 Å². The van der Waals surface area contributed by atoms with Gasteiger partial charge in [0.2, 0.25) is 0 Å². The molecule has 0 bridgehead atoms. The summed E-state index contributed by atoms with van der Waals surface area (Å²) in [5, 5.41) is 9.33. The van der Waals surface area contributed by atoms with E-state index in [4.69, 9.17) is 9.47 Å². The minimum atomic E-state index is 0.567.